The number of likely N-dealkylation sites (tertiary alicyclic amines) is 1. The Morgan fingerprint density at radius 3 is 3.00 bits per heavy atom. The van der Waals surface area contributed by atoms with Gasteiger partial charge in [-0.25, -0.2) is 9.78 Å². The van der Waals surface area contributed by atoms with Gasteiger partial charge < -0.3 is 15.0 Å². The van der Waals surface area contributed by atoms with Gasteiger partial charge in [0.05, 0.1) is 4.47 Å². The van der Waals surface area contributed by atoms with Gasteiger partial charge in [0.15, 0.2) is 0 Å². The van der Waals surface area contributed by atoms with Crippen LogP contribution in [0.5, 0.6) is 0 Å². The first-order valence-electron chi connectivity index (χ1n) is 7.14. The summed E-state index contributed by atoms with van der Waals surface area (Å²) in [6, 6.07) is 0. The maximum absolute atomic E-state index is 12.0. The van der Waals surface area contributed by atoms with Crippen LogP contribution in [0.2, 0.25) is 5.28 Å². The highest BCUT2D eigenvalue weighted by molar-refractivity contribution is 9.10. The van der Waals surface area contributed by atoms with Crippen LogP contribution in [0.4, 0.5) is 10.6 Å². The number of hydrogen-bond donors (Lipinski definition) is 1. The normalized spacial score (nSPS) is 18.4. The van der Waals surface area contributed by atoms with E-state index in [1.165, 1.54) is 0 Å². The highest BCUT2D eigenvalue weighted by atomic mass is 79.9. The number of hydrogen-bond acceptors (Lipinski definition) is 5. The van der Waals surface area contributed by atoms with Crippen LogP contribution < -0.4 is 5.32 Å². The first-order valence-corrected chi connectivity index (χ1v) is 8.31. The van der Waals surface area contributed by atoms with Crippen molar-refractivity contribution in [1.82, 2.24) is 14.9 Å². The second kappa shape index (κ2) is 7.00. The summed E-state index contributed by atoms with van der Waals surface area (Å²) in [7, 11) is 0. The summed E-state index contributed by atoms with van der Waals surface area (Å²) in [5.74, 6) is 1.02. The first-order chi connectivity index (χ1) is 10.2. The predicted molar refractivity (Wildman–Crippen MR) is 89.1 cm³/mol. The van der Waals surface area contributed by atoms with Gasteiger partial charge >= 0.3 is 6.09 Å². The molecule has 1 N–H and O–H groups in total. The number of aromatic nitrogens is 2. The fourth-order valence-electron chi connectivity index (χ4n) is 2.20. The molecule has 122 valence electrons. The standard InChI is InChI=1S/C14H20BrClN4O2/c1-14(2,3)22-13(21)20-5-4-9(8-20)6-17-11-10(15)7-18-12(16)19-11/h7,9H,4-6,8H2,1-3H3,(H,17,18,19)/t9-/m1/s1. The lowest BCUT2D eigenvalue weighted by molar-refractivity contribution is 0.0289. The van der Waals surface area contributed by atoms with Gasteiger partial charge in [-0.05, 0) is 60.6 Å². The van der Waals surface area contributed by atoms with Gasteiger partial charge in [0.2, 0.25) is 5.28 Å². The van der Waals surface area contributed by atoms with E-state index < -0.39 is 5.60 Å². The Kier molecular flexibility index (Phi) is 5.50. The van der Waals surface area contributed by atoms with Gasteiger partial charge in [0, 0.05) is 25.8 Å². The SMILES string of the molecule is CC(C)(C)OC(=O)N1CC[C@H](CNc2nc(Cl)ncc2Br)C1. The summed E-state index contributed by atoms with van der Waals surface area (Å²) in [6.07, 6.45) is 2.29. The quantitative estimate of drug-likeness (QED) is 0.798. The fourth-order valence-corrected chi connectivity index (χ4v) is 2.67. The Hall–Kier alpha value is -1.08. The minimum Gasteiger partial charge on any atom is -0.444 e. The summed E-state index contributed by atoms with van der Waals surface area (Å²) in [5.41, 5.74) is -0.462. The molecule has 1 fully saturated rings. The zero-order valence-corrected chi connectivity index (χ0v) is 15.2. The lowest BCUT2D eigenvalue weighted by Gasteiger charge is -2.24. The maximum Gasteiger partial charge on any atom is 0.410 e. The van der Waals surface area contributed by atoms with Crippen molar-refractivity contribution in [1.29, 1.82) is 0 Å². The average molecular weight is 392 g/mol. The van der Waals surface area contributed by atoms with Gasteiger partial charge in [-0.3, -0.25) is 0 Å². The second-order valence-electron chi connectivity index (χ2n) is 6.30. The number of anilines is 1. The summed E-state index contributed by atoms with van der Waals surface area (Å²) in [4.78, 5) is 21.8. The van der Waals surface area contributed by atoms with Crippen molar-refractivity contribution < 1.29 is 9.53 Å². The number of ether oxygens (including phenoxy) is 1. The number of nitrogens with one attached hydrogen (secondary N) is 1. The molecular weight excluding hydrogens is 372 g/mol. The molecule has 2 rings (SSSR count). The minimum absolute atomic E-state index is 0.201. The summed E-state index contributed by atoms with van der Waals surface area (Å²) in [6.45, 7) is 7.72. The molecule has 22 heavy (non-hydrogen) atoms. The average Bonchev–Trinajstić information content (AvgIpc) is 2.87. The molecule has 6 nitrogen and oxygen atoms in total. The summed E-state index contributed by atoms with van der Waals surface area (Å²) < 4.78 is 6.15. The van der Waals surface area contributed by atoms with E-state index in [0.29, 0.717) is 31.4 Å². The lowest BCUT2D eigenvalue weighted by Crippen LogP contribution is -2.35. The zero-order chi connectivity index (χ0) is 16.3. The Bertz CT molecular complexity index is 550. The highest BCUT2D eigenvalue weighted by Gasteiger charge is 2.29. The summed E-state index contributed by atoms with van der Waals surface area (Å²) in [5, 5.41) is 3.44. The van der Waals surface area contributed by atoms with E-state index in [2.05, 4.69) is 31.2 Å². The number of amides is 1. The monoisotopic (exact) mass is 390 g/mol. The van der Waals surface area contributed by atoms with Gasteiger partial charge in [-0.1, -0.05) is 0 Å². The summed E-state index contributed by atoms with van der Waals surface area (Å²) >= 11 is 9.16. The van der Waals surface area contributed by atoms with Crippen LogP contribution in [-0.4, -0.2) is 46.2 Å². The van der Waals surface area contributed by atoms with Crippen molar-refractivity contribution in [3.8, 4) is 0 Å². The molecule has 1 amide bonds. The van der Waals surface area contributed by atoms with Gasteiger partial charge in [-0.2, -0.15) is 4.98 Å². The number of carbonyl (C=O) groups is 1. The molecule has 1 saturated heterocycles. The van der Waals surface area contributed by atoms with Crippen molar-refractivity contribution in [3.63, 3.8) is 0 Å². The third-order valence-electron chi connectivity index (χ3n) is 3.21. The Labute approximate surface area is 143 Å². The molecule has 0 bridgehead atoms. The number of nitrogens with zero attached hydrogens (tertiary/aromatic N) is 3. The van der Waals surface area contributed by atoms with E-state index in [9.17, 15) is 4.79 Å². The number of halogens is 2. The molecule has 0 spiro atoms. The van der Waals surface area contributed by atoms with E-state index >= 15 is 0 Å². The van der Waals surface area contributed by atoms with Crippen molar-refractivity contribution in [2.75, 3.05) is 25.0 Å². The first kappa shape index (κ1) is 17.3. The van der Waals surface area contributed by atoms with Crippen LogP contribution >= 0.6 is 27.5 Å². The molecule has 2 heterocycles. The molecular formula is C14H20BrClN4O2. The van der Waals surface area contributed by atoms with E-state index in [0.717, 1.165) is 10.9 Å². The smallest absolute Gasteiger partial charge is 0.410 e. The molecule has 0 radical (unpaired) electrons. The molecule has 0 aromatic carbocycles. The van der Waals surface area contributed by atoms with Crippen molar-refractivity contribution in [2.45, 2.75) is 32.8 Å². The Balaban J connectivity index is 1.84. The van der Waals surface area contributed by atoms with Gasteiger partial charge in [-0.15, -0.1) is 0 Å². The van der Waals surface area contributed by atoms with Crippen molar-refractivity contribution in [2.24, 2.45) is 5.92 Å². The van der Waals surface area contributed by atoms with Crippen molar-refractivity contribution >= 4 is 39.4 Å². The highest BCUT2D eigenvalue weighted by Crippen LogP contribution is 2.23. The number of rotatable bonds is 3. The molecule has 1 aliphatic rings. The Morgan fingerprint density at radius 2 is 2.32 bits per heavy atom. The molecule has 1 aromatic rings. The third-order valence-corrected chi connectivity index (χ3v) is 3.97. The zero-order valence-electron chi connectivity index (χ0n) is 12.9. The third kappa shape index (κ3) is 4.98. The van der Waals surface area contributed by atoms with Crippen molar-refractivity contribution in [3.05, 3.63) is 16.0 Å². The van der Waals surface area contributed by atoms with Crippen LogP contribution in [0.15, 0.2) is 10.7 Å². The lowest BCUT2D eigenvalue weighted by atomic mass is 10.1. The van der Waals surface area contributed by atoms with Crippen LogP contribution in [0, 0.1) is 5.92 Å². The van der Waals surface area contributed by atoms with Crippen LogP contribution in [0.1, 0.15) is 27.2 Å². The predicted octanol–water partition coefficient (Wildman–Crippen LogP) is 3.56. The van der Waals surface area contributed by atoms with E-state index in [1.807, 2.05) is 20.8 Å². The topological polar surface area (TPSA) is 67.3 Å². The Morgan fingerprint density at radius 1 is 1.59 bits per heavy atom. The van der Waals surface area contributed by atoms with Gasteiger partial charge in [0.25, 0.3) is 0 Å². The largest absolute Gasteiger partial charge is 0.444 e. The van der Waals surface area contributed by atoms with E-state index in [4.69, 9.17) is 16.3 Å². The molecule has 1 aromatic heterocycles. The molecule has 1 atom stereocenters. The fraction of sp³-hybridized carbons (Fsp3) is 0.643. The molecule has 0 saturated carbocycles. The van der Waals surface area contributed by atoms with Crippen LogP contribution in [0.3, 0.4) is 0 Å². The van der Waals surface area contributed by atoms with Gasteiger partial charge in [0.1, 0.15) is 11.4 Å². The minimum atomic E-state index is -0.462. The van der Waals surface area contributed by atoms with Crippen LogP contribution in [0.25, 0.3) is 0 Å². The second-order valence-corrected chi connectivity index (χ2v) is 7.49. The van der Waals surface area contributed by atoms with E-state index in [-0.39, 0.29) is 11.4 Å². The van der Waals surface area contributed by atoms with E-state index in [1.54, 1.807) is 11.1 Å². The van der Waals surface area contributed by atoms with Crippen LogP contribution in [-0.2, 0) is 4.74 Å². The molecule has 0 unspecified atom stereocenters. The molecule has 8 heteroatoms. The number of carbonyl (C=O) groups excluding carboxylic acids is 1. The maximum atomic E-state index is 12.0. The molecule has 0 aliphatic carbocycles. The molecule has 1 aliphatic heterocycles.